The molecule has 1 atom stereocenters. The molecule has 0 aliphatic rings. The Balaban J connectivity index is 0.00000256. The highest BCUT2D eigenvalue weighted by molar-refractivity contribution is 5.85. The van der Waals surface area contributed by atoms with E-state index in [9.17, 15) is 4.79 Å². The van der Waals surface area contributed by atoms with Crippen molar-refractivity contribution in [2.45, 2.75) is 6.04 Å². The molecule has 1 amide bonds. The minimum absolute atomic E-state index is 0. The van der Waals surface area contributed by atoms with Crippen LogP contribution in [0.25, 0.3) is 0 Å². The van der Waals surface area contributed by atoms with Gasteiger partial charge < -0.3 is 15.9 Å². The van der Waals surface area contributed by atoms with Gasteiger partial charge in [0.1, 0.15) is 0 Å². The molecule has 0 aromatic heterocycles. The normalized spacial score (nSPS) is 10.5. The molecule has 6 heteroatoms. The summed E-state index contributed by atoms with van der Waals surface area (Å²) >= 11 is 0. The van der Waals surface area contributed by atoms with E-state index in [0.29, 0.717) is 11.3 Å². The summed E-state index contributed by atoms with van der Waals surface area (Å²) in [5, 5.41) is 19.3. The van der Waals surface area contributed by atoms with Crippen molar-refractivity contribution < 1.29 is 15.0 Å². The maximum Gasteiger partial charge on any atom is 0.409 e. The van der Waals surface area contributed by atoms with Gasteiger partial charge in [-0.05, 0) is 24.3 Å². The summed E-state index contributed by atoms with van der Waals surface area (Å²) in [7, 11) is 0. The van der Waals surface area contributed by atoms with E-state index in [1.54, 1.807) is 24.3 Å². The topological polar surface area (TPSA) is 95.6 Å². The summed E-state index contributed by atoms with van der Waals surface area (Å²) in [6, 6.07) is 5.98. The van der Waals surface area contributed by atoms with Crippen LogP contribution in [0.15, 0.2) is 24.3 Å². The number of benzene rings is 1. The van der Waals surface area contributed by atoms with E-state index in [0.717, 1.165) is 0 Å². The van der Waals surface area contributed by atoms with Gasteiger partial charge in [0, 0.05) is 11.3 Å². The lowest BCUT2D eigenvalue weighted by atomic mass is 10.2. The number of nitrogens with two attached hydrogens (primary N) is 1. The second-order valence-corrected chi connectivity index (χ2v) is 3.07. The first-order valence-electron chi connectivity index (χ1n) is 4.60. The second kappa shape index (κ2) is 7.52. The summed E-state index contributed by atoms with van der Waals surface area (Å²) in [6.45, 7) is -0.189. The molecule has 1 aromatic rings. The van der Waals surface area contributed by atoms with Crippen LogP contribution >= 0.6 is 12.4 Å². The largest absolute Gasteiger partial charge is 0.465 e. The molecule has 1 aromatic carbocycles. The maximum absolute atomic E-state index is 10.3. The van der Waals surface area contributed by atoms with E-state index < -0.39 is 12.1 Å². The lowest BCUT2D eigenvalue weighted by Crippen LogP contribution is -2.21. The molecular weight excluding hydrogens is 244 g/mol. The summed E-state index contributed by atoms with van der Waals surface area (Å²) in [5.41, 5.74) is 6.59. The van der Waals surface area contributed by atoms with Crippen LogP contribution in [0.1, 0.15) is 5.56 Å². The van der Waals surface area contributed by atoms with Crippen molar-refractivity contribution in [1.82, 2.24) is 0 Å². The number of aliphatic hydroxyl groups excluding tert-OH is 1. The highest BCUT2D eigenvalue weighted by atomic mass is 35.5. The average molecular weight is 257 g/mol. The number of hydrogen-bond acceptors (Lipinski definition) is 3. The van der Waals surface area contributed by atoms with Gasteiger partial charge in [0.25, 0.3) is 0 Å². The summed E-state index contributed by atoms with van der Waals surface area (Å²) in [6.07, 6.45) is -1.11. The molecule has 1 unspecified atom stereocenters. The van der Waals surface area contributed by atoms with Gasteiger partial charge in [-0.2, -0.15) is 0 Å². The summed E-state index contributed by atoms with van der Waals surface area (Å²) in [4.78, 5) is 10.3. The van der Waals surface area contributed by atoms with Gasteiger partial charge in [-0.25, -0.2) is 4.79 Å². The number of nitrogens with one attached hydrogen (secondary N) is 1. The maximum atomic E-state index is 10.3. The number of halogens is 1. The van der Waals surface area contributed by atoms with Gasteiger partial charge in [0.05, 0.1) is 12.6 Å². The van der Waals surface area contributed by atoms with Crippen molar-refractivity contribution >= 4 is 24.2 Å². The molecule has 0 aliphatic carbocycles. The van der Waals surface area contributed by atoms with Gasteiger partial charge in [0.15, 0.2) is 0 Å². The zero-order valence-corrected chi connectivity index (χ0v) is 9.70. The van der Waals surface area contributed by atoms with Crippen molar-refractivity contribution in [2.75, 3.05) is 11.9 Å². The molecule has 5 N–H and O–H groups in total. The highest BCUT2D eigenvalue weighted by Crippen LogP contribution is 2.08. The van der Waals surface area contributed by atoms with Crippen LogP contribution in [-0.2, 0) is 0 Å². The van der Waals surface area contributed by atoms with Crippen molar-refractivity contribution in [2.24, 2.45) is 5.73 Å². The molecule has 0 saturated carbocycles. The second-order valence-electron chi connectivity index (χ2n) is 3.07. The Morgan fingerprint density at radius 3 is 2.47 bits per heavy atom. The predicted molar refractivity (Wildman–Crippen MR) is 67.3 cm³/mol. The van der Waals surface area contributed by atoms with Crippen molar-refractivity contribution in [3.8, 4) is 11.8 Å². The van der Waals surface area contributed by atoms with E-state index in [1.807, 2.05) is 0 Å². The SMILES string of the molecule is Cl.NC(C#Cc1ccc(NC(=O)O)cc1)CO. The smallest absolute Gasteiger partial charge is 0.409 e. The van der Waals surface area contributed by atoms with Gasteiger partial charge in [0.2, 0.25) is 0 Å². The Labute approximate surface area is 105 Å². The van der Waals surface area contributed by atoms with Gasteiger partial charge in [-0.3, -0.25) is 5.32 Å². The molecular formula is C11H13ClN2O3. The molecule has 1 rings (SSSR count). The van der Waals surface area contributed by atoms with Crippen LogP contribution < -0.4 is 11.1 Å². The molecule has 0 bridgehead atoms. The number of rotatable bonds is 2. The van der Waals surface area contributed by atoms with Crippen LogP contribution in [0.5, 0.6) is 0 Å². The fraction of sp³-hybridized carbons (Fsp3) is 0.182. The van der Waals surface area contributed by atoms with Crippen molar-refractivity contribution in [3.05, 3.63) is 29.8 Å². The third-order valence-electron chi connectivity index (χ3n) is 1.73. The van der Waals surface area contributed by atoms with Crippen LogP contribution in [0.2, 0.25) is 0 Å². The van der Waals surface area contributed by atoms with Crippen LogP contribution in [0.4, 0.5) is 10.5 Å². The molecule has 0 fully saturated rings. The zero-order valence-electron chi connectivity index (χ0n) is 8.88. The minimum atomic E-state index is -1.11. The van der Waals surface area contributed by atoms with Gasteiger partial charge in [-0.1, -0.05) is 11.8 Å². The molecule has 92 valence electrons. The Bertz CT molecular complexity index is 423. The van der Waals surface area contributed by atoms with E-state index in [4.69, 9.17) is 15.9 Å². The lowest BCUT2D eigenvalue weighted by Gasteiger charge is -2.00. The first-order chi connectivity index (χ1) is 7.61. The van der Waals surface area contributed by atoms with Crippen molar-refractivity contribution in [3.63, 3.8) is 0 Å². The number of carboxylic acid groups (broad SMARTS) is 1. The monoisotopic (exact) mass is 256 g/mol. The molecule has 0 aliphatic heterocycles. The molecule has 0 radical (unpaired) electrons. The van der Waals surface area contributed by atoms with E-state index in [-0.39, 0.29) is 19.0 Å². The first-order valence-corrected chi connectivity index (χ1v) is 4.60. The summed E-state index contributed by atoms with van der Waals surface area (Å²) in [5.74, 6) is 5.42. The standard InChI is InChI=1S/C11H12N2O3.ClH/c12-9(7-14)4-1-8-2-5-10(6-3-8)13-11(15)16;/h2-3,5-6,9,13-14H,7,12H2,(H,15,16);1H. The predicted octanol–water partition coefficient (Wildman–Crippen LogP) is 0.869. The van der Waals surface area contributed by atoms with Crippen LogP contribution in [-0.4, -0.2) is 29.0 Å². The van der Waals surface area contributed by atoms with Crippen molar-refractivity contribution in [1.29, 1.82) is 0 Å². The van der Waals surface area contributed by atoms with Crippen LogP contribution in [0, 0.1) is 11.8 Å². The van der Waals surface area contributed by atoms with E-state index in [1.165, 1.54) is 0 Å². The Kier molecular flexibility index (Phi) is 6.75. The zero-order chi connectivity index (χ0) is 12.0. The fourth-order valence-corrected chi connectivity index (χ4v) is 0.982. The number of hydrogen-bond donors (Lipinski definition) is 4. The van der Waals surface area contributed by atoms with Crippen LogP contribution in [0.3, 0.4) is 0 Å². The molecule has 5 nitrogen and oxygen atoms in total. The first kappa shape index (κ1) is 15.3. The van der Waals surface area contributed by atoms with E-state index in [2.05, 4.69) is 17.2 Å². The molecule has 0 spiro atoms. The molecule has 0 saturated heterocycles. The minimum Gasteiger partial charge on any atom is -0.465 e. The lowest BCUT2D eigenvalue weighted by molar-refractivity contribution is 0.210. The number of aliphatic hydroxyl groups is 1. The Hall–Kier alpha value is -1.74. The van der Waals surface area contributed by atoms with Gasteiger partial charge >= 0.3 is 6.09 Å². The van der Waals surface area contributed by atoms with Gasteiger partial charge in [-0.15, -0.1) is 12.4 Å². The molecule has 17 heavy (non-hydrogen) atoms. The fourth-order valence-electron chi connectivity index (χ4n) is 0.982. The van der Waals surface area contributed by atoms with E-state index >= 15 is 0 Å². The third-order valence-corrected chi connectivity index (χ3v) is 1.73. The number of anilines is 1. The molecule has 0 heterocycles. The quantitative estimate of drug-likeness (QED) is 0.591. The summed E-state index contributed by atoms with van der Waals surface area (Å²) < 4.78 is 0. The number of carbonyl (C=O) groups is 1. The average Bonchev–Trinajstić information content (AvgIpc) is 2.27. The Morgan fingerprint density at radius 1 is 1.41 bits per heavy atom. The number of amides is 1. The Morgan fingerprint density at radius 2 is 2.00 bits per heavy atom. The third kappa shape index (κ3) is 5.78. The highest BCUT2D eigenvalue weighted by Gasteiger charge is 1.96.